The van der Waals surface area contributed by atoms with Gasteiger partial charge in [-0.1, -0.05) is 66.7 Å². The normalized spacial score (nSPS) is 12.9. The maximum Gasteiger partial charge on any atom is 0.303 e. The fourth-order valence-corrected chi connectivity index (χ4v) is 3.96. The second-order valence-electron chi connectivity index (χ2n) is 10.8. The smallest absolute Gasteiger partial charge is 0.303 e. The van der Waals surface area contributed by atoms with Crippen LogP contribution in [0.1, 0.15) is 91.3 Å². The lowest BCUT2D eigenvalue weighted by Crippen LogP contribution is -2.30. The number of aliphatic carboxylic acids is 1. The quantitative estimate of drug-likeness (QED) is 0.461. The van der Waals surface area contributed by atoms with Crippen molar-refractivity contribution in [2.45, 2.75) is 93.4 Å². The molecule has 174 valence electrons. The Bertz CT molecular complexity index is 797. The number of hydrogen-bond donors (Lipinski definition) is 1. The minimum absolute atomic E-state index is 0.0620. The van der Waals surface area contributed by atoms with Crippen molar-refractivity contribution in [2.24, 2.45) is 11.3 Å². The first-order valence-corrected chi connectivity index (χ1v) is 11.5. The molecule has 0 aliphatic heterocycles. The molecule has 0 aliphatic carbocycles. The Hall–Kier alpha value is -2.10. The van der Waals surface area contributed by atoms with Crippen LogP contribution in [0.4, 0.5) is 0 Å². The Morgan fingerprint density at radius 1 is 1.13 bits per heavy atom. The monoisotopic (exact) mass is 429 g/mol. The molecule has 4 nitrogen and oxygen atoms in total. The standard InChI is InChI=1S/C27H43NO3/c1-19(2)24(18-28(21(4)29)16-10-11-25(30)31)27(8,9)23-13-12-22(20(3)17-23)14-15-26(5,6)7/h12-13,17-19H,10-11,14-16H2,1-9H3,(H,30,31)/b24-18-. The number of amides is 1. The van der Waals surface area contributed by atoms with Gasteiger partial charge in [0, 0.05) is 31.5 Å². The third kappa shape index (κ3) is 8.51. The number of carbonyl (C=O) groups excluding carboxylic acids is 1. The van der Waals surface area contributed by atoms with E-state index in [0.717, 1.165) is 12.8 Å². The van der Waals surface area contributed by atoms with Crippen LogP contribution in [0, 0.1) is 18.3 Å². The largest absolute Gasteiger partial charge is 0.481 e. The summed E-state index contributed by atoms with van der Waals surface area (Å²) in [6.45, 7) is 19.7. The first-order chi connectivity index (χ1) is 14.1. The Labute approximate surface area is 189 Å². The molecular weight excluding hydrogens is 386 g/mol. The van der Waals surface area contributed by atoms with Gasteiger partial charge in [0.25, 0.3) is 0 Å². The molecule has 0 heterocycles. The van der Waals surface area contributed by atoms with Gasteiger partial charge in [-0.2, -0.15) is 0 Å². The topological polar surface area (TPSA) is 57.6 Å². The van der Waals surface area contributed by atoms with E-state index >= 15 is 0 Å². The molecule has 4 heteroatoms. The van der Waals surface area contributed by atoms with Gasteiger partial charge in [-0.3, -0.25) is 9.59 Å². The zero-order valence-electron chi connectivity index (χ0n) is 21.1. The van der Waals surface area contributed by atoms with Crippen molar-refractivity contribution in [3.05, 3.63) is 46.7 Å². The Morgan fingerprint density at radius 2 is 1.74 bits per heavy atom. The minimum atomic E-state index is -0.834. The molecule has 1 aromatic rings. The summed E-state index contributed by atoms with van der Waals surface area (Å²) >= 11 is 0. The summed E-state index contributed by atoms with van der Waals surface area (Å²) in [5, 5.41) is 8.93. The first-order valence-electron chi connectivity index (χ1n) is 11.5. The zero-order valence-corrected chi connectivity index (χ0v) is 21.1. The highest BCUT2D eigenvalue weighted by Gasteiger charge is 2.29. The van der Waals surface area contributed by atoms with Crippen LogP contribution in [0.5, 0.6) is 0 Å². The second-order valence-corrected chi connectivity index (χ2v) is 10.8. The van der Waals surface area contributed by atoms with Crippen molar-refractivity contribution in [1.29, 1.82) is 0 Å². The molecule has 0 saturated heterocycles. The van der Waals surface area contributed by atoms with E-state index < -0.39 is 5.97 Å². The van der Waals surface area contributed by atoms with Crippen LogP contribution in [0.15, 0.2) is 30.0 Å². The zero-order chi connectivity index (χ0) is 24.0. The van der Waals surface area contributed by atoms with E-state index in [4.69, 9.17) is 5.11 Å². The molecule has 1 amide bonds. The Kier molecular flexibility index (Phi) is 9.53. The number of carboxylic acid groups (broad SMARTS) is 1. The molecule has 0 atom stereocenters. The summed E-state index contributed by atoms with van der Waals surface area (Å²) in [6, 6.07) is 6.77. The lowest BCUT2D eigenvalue weighted by Gasteiger charge is -2.34. The number of nitrogens with zero attached hydrogens (tertiary/aromatic N) is 1. The van der Waals surface area contributed by atoms with E-state index in [9.17, 15) is 9.59 Å². The van der Waals surface area contributed by atoms with Crippen LogP contribution in [0.25, 0.3) is 0 Å². The van der Waals surface area contributed by atoms with E-state index in [2.05, 4.69) is 73.6 Å². The summed E-state index contributed by atoms with van der Waals surface area (Å²) in [7, 11) is 0. The molecule has 0 unspecified atom stereocenters. The summed E-state index contributed by atoms with van der Waals surface area (Å²) < 4.78 is 0. The maximum atomic E-state index is 12.2. The molecule has 1 rings (SSSR count). The molecule has 0 aliphatic rings. The Balaban J connectivity index is 3.22. The number of rotatable bonds is 10. The van der Waals surface area contributed by atoms with Gasteiger partial charge < -0.3 is 10.0 Å². The SMILES string of the molecule is CC(=O)N(/C=C(/C(C)C)C(C)(C)c1ccc(CCC(C)(C)C)c(C)c1)CCCC(=O)O. The van der Waals surface area contributed by atoms with Crippen molar-refractivity contribution < 1.29 is 14.7 Å². The van der Waals surface area contributed by atoms with Gasteiger partial charge in [0.05, 0.1) is 0 Å². The minimum Gasteiger partial charge on any atom is -0.481 e. The fourth-order valence-electron chi connectivity index (χ4n) is 3.96. The van der Waals surface area contributed by atoms with Gasteiger partial charge in [0.2, 0.25) is 5.91 Å². The number of allylic oxidation sites excluding steroid dienone is 1. The number of hydrogen-bond acceptors (Lipinski definition) is 2. The van der Waals surface area contributed by atoms with Gasteiger partial charge in [0.15, 0.2) is 0 Å². The van der Waals surface area contributed by atoms with Crippen molar-refractivity contribution in [1.82, 2.24) is 4.90 Å². The number of benzene rings is 1. The number of carbonyl (C=O) groups is 2. The van der Waals surface area contributed by atoms with Crippen LogP contribution >= 0.6 is 0 Å². The van der Waals surface area contributed by atoms with Crippen molar-refractivity contribution in [3.63, 3.8) is 0 Å². The third-order valence-corrected chi connectivity index (χ3v) is 6.04. The molecule has 0 spiro atoms. The molecule has 0 bridgehead atoms. The predicted molar refractivity (Wildman–Crippen MR) is 129 cm³/mol. The van der Waals surface area contributed by atoms with Gasteiger partial charge >= 0.3 is 5.97 Å². The van der Waals surface area contributed by atoms with Crippen LogP contribution < -0.4 is 0 Å². The van der Waals surface area contributed by atoms with E-state index in [1.807, 2.05) is 6.20 Å². The van der Waals surface area contributed by atoms with Gasteiger partial charge in [-0.15, -0.1) is 0 Å². The first kappa shape index (κ1) is 26.9. The second kappa shape index (κ2) is 11.0. The van der Waals surface area contributed by atoms with Crippen LogP contribution in [0.3, 0.4) is 0 Å². The van der Waals surface area contributed by atoms with Crippen LogP contribution in [-0.2, 0) is 21.4 Å². The number of aryl methyl sites for hydroxylation is 2. The summed E-state index contributed by atoms with van der Waals surface area (Å²) in [6.07, 6.45) is 4.69. The molecule has 0 aromatic heterocycles. The molecule has 0 saturated carbocycles. The predicted octanol–water partition coefficient (Wildman–Crippen LogP) is 6.50. The van der Waals surface area contributed by atoms with Gasteiger partial charge in [0.1, 0.15) is 0 Å². The lowest BCUT2D eigenvalue weighted by molar-refractivity contribution is -0.137. The fraction of sp³-hybridized carbons (Fsp3) is 0.630. The molecule has 0 fully saturated rings. The highest BCUT2D eigenvalue weighted by atomic mass is 16.4. The molecule has 31 heavy (non-hydrogen) atoms. The average Bonchev–Trinajstić information content (AvgIpc) is 2.61. The summed E-state index contributed by atoms with van der Waals surface area (Å²) in [4.78, 5) is 24.8. The van der Waals surface area contributed by atoms with Gasteiger partial charge in [-0.05, 0) is 59.8 Å². The molecule has 1 N–H and O–H groups in total. The van der Waals surface area contributed by atoms with Crippen molar-refractivity contribution >= 4 is 11.9 Å². The van der Waals surface area contributed by atoms with Crippen molar-refractivity contribution in [3.8, 4) is 0 Å². The highest BCUT2D eigenvalue weighted by molar-refractivity contribution is 5.74. The highest BCUT2D eigenvalue weighted by Crippen LogP contribution is 2.37. The third-order valence-electron chi connectivity index (χ3n) is 6.04. The molecular formula is C27H43NO3. The van der Waals surface area contributed by atoms with E-state index in [0.29, 0.717) is 18.4 Å². The lowest BCUT2D eigenvalue weighted by atomic mass is 9.73. The molecule has 0 radical (unpaired) electrons. The summed E-state index contributed by atoms with van der Waals surface area (Å²) in [5.41, 5.74) is 5.17. The van der Waals surface area contributed by atoms with Crippen LogP contribution in [-0.4, -0.2) is 28.4 Å². The van der Waals surface area contributed by atoms with Crippen LogP contribution in [0.2, 0.25) is 0 Å². The van der Waals surface area contributed by atoms with Gasteiger partial charge in [-0.25, -0.2) is 0 Å². The average molecular weight is 430 g/mol. The maximum absolute atomic E-state index is 12.2. The Morgan fingerprint density at radius 3 is 2.19 bits per heavy atom. The van der Waals surface area contributed by atoms with E-state index in [-0.39, 0.29) is 23.7 Å². The molecule has 1 aromatic carbocycles. The van der Waals surface area contributed by atoms with Crippen molar-refractivity contribution in [2.75, 3.05) is 6.54 Å². The summed E-state index contributed by atoms with van der Waals surface area (Å²) in [5.74, 6) is -0.649. The number of carboxylic acids is 1. The van der Waals surface area contributed by atoms with E-state index in [1.165, 1.54) is 29.2 Å². The van der Waals surface area contributed by atoms with E-state index in [1.54, 1.807) is 4.90 Å².